The Labute approximate surface area is 110 Å². The van der Waals surface area contributed by atoms with Crippen LogP contribution in [0.1, 0.15) is 39.2 Å². The van der Waals surface area contributed by atoms with E-state index in [-0.39, 0.29) is 0 Å². The van der Waals surface area contributed by atoms with Gasteiger partial charge >= 0.3 is 0 Å². The van der Waals surface area contributed by atoms with Gasteiger partial charge in [-0.15, -0.1) is 0 Å². The average Bonchev–Trinajstić information content (AvgIpc) is 2.40. The van der Waals surface area contributed by atoms with Crippen molar-refractivity contribution < 1.29 is 4.74 Å². The normalized spacial score (nSPS) is 18.2. The maximum atomic E-state index is 5.95. The number of hydrogen-bond donors (Lipinski definition) is 0. The van der Waals surface area contributed by atoms with E-state index in [0.29, 0.717) is 12.1 Å². The van der Waals surface area contributed by atoms with Crippen LogP contribution in [0.2, 0.25) is 0 Å². The fourth-order valence-electron chi connectivity index (χ4n) is 2.37. The van der Waals surface area contributed by atoms with Crippen molar-refractivity contribution in [1.29, 1.82) is 0 Å². The van der Waals surface area contributed by atoms with Crippen molar-refractivity contribution in [3.05, 3.63) is 23.9 Å². The van der Waals surface area contributed by atoms with Gasteiger partial charge in [-0.2, -0.15) is 0 Å². The van der Waals surface area contributed by atoms with Gasteiger partial charge in [0.15, 0.2) is 0 Å². The molecule has 18 heavy (non-hydrogen) atoms. The summed E-state index contributed by atoms with van der Waals surface area (Å²) in [5.41, 5.74) is 1.26. The van der Waals surface area contributed by atoms with Gasteiger partial charge in [0.25, 0.3) is 0 Å². The molecule has 0 bridgehead atoms. The Morgan fingerprint density at radius 3 is 2.56 bits per heavy atom. The van der Waals surface area contributed by atoms with Gasteiger partial charge in [-0.3, -0.25) is 0 Å². The van der Waals surface area contributed by atoms with Crippen molar-refractivity contribution >= 4 is 0 Å². The Balaban J connectivity index is 1.83. The van der Waals surface area contributed by atoms with Crippen LogP contribution in [-0.4, -0.2) is 35.1 Å². The van der Waals surface area contributed by atoms with Crippen molar-refractivity contribution in [2.75, 3.05) is 13.1 Å². The Hall–Kier alpha value is -1.09. The smallest absolute Gasteiger partial charge is 0.213 e. The monoisotopic (exact) mass is 248 g/mol. The van der Waals surface area contributed by atoms with Gasteiger partial charge in [0, 0.05) is 31.4 Å². The SMILES string of the molecule is CCc1ccc(OC2CCN(C(C)C)CC2)nc1. The van der Waals surface area contributed by atoms with Crippen molar-refractivity contribution in [2.24, 2.45) is 0 Å². The maximum Gasteiger partial charge on any atom is 0.213 e. The summed E-state index contributed by atoms with van der Waals surface area (Å²) in [6.07, 6.45) is 5.49. The molecular formula is C15H24N2O. The minimum atomic E-state index is 0.333. The second-order valence-electron chi connectivity index (χ2n) is 5.31. The number of likely N-dealkylation sites (tertiary alicyclic amines) is 1. The van der Waals surface area contributed by atoms with Crippen molar-refractivity contribution in [3.63, 3.8) is 0 Å². The number of ether oxygens (including phenoxy) is 1. The fourth-order valence-corrected chi connectivity index (χ4v) is 2.37. The molecule has 1 aromatic heterocycles. The molecule has 0 saturated carbocycles. The zero-order valence-electron chi connectivity index (χ0n) is 11.7. The van der Waals surface area contributed by atoms with E-state index < -0.39 is 0 Å². The Morgan fingerprint density at radius 2 is 2.06 bits per heavy atom. The van der Waals surface area contributed by atoms with E-state index in [1.54, 1.807) is 0 Å². The highest BCUT2D eigenvalue weighted by Gasteiger charge is 2.22. The average molecular weight is 248 g/mol. The first-order chi connectivity index (χ1) is 8.69. The summed E-state index contributed by atoms with van der Waals surface area (Å²) in [6.45, 7) is 8.92. The molecule has 0 aromatic carbocycles. The zero-order valence-corrected chi connectivity index (χ0v) is 11.7. The lowest BCUT2D eigenvalue weighted by Gasteiger charge is -2.34. The van der Waals surface area contributed by atoms with Crippen LogP contribution >= 0.6 is 0 Å². The number of rotatable bonds is 4. The Bertz CT molecular complexity index is 353. The van der Waals surface area contributed by atoms with Gasteiger partial charge in [-0.25, -0.2) is 4.98 Å². The van der Waals surface area contributed by atoms with E-state index in [0.717, 1.165) is 38.2 Å². The molecule has 0 atom stereocenters. The summed E-state index contributed by atoms with van der Waals surface area (Å²) in [5, 5.41) is 0. The van der Waals surface area contributed by atoms with E-state index in [4.69, 9.17) is 4.74 Å². The summed E-state index contributed by atoms with van der Waals surface area (Å²) < 4.78 is 5.95. The summed E-state index contributed by atoms with van der Waals surface area (Å²) in [7, 11) is 0. The molecule has 100 valence electrons. The van der Waals surface area contributed by atoms with Crippen LogP contribution in [0, 0.1) is 0 Å². The molecule has 2 heterocycles. The van der Waals surface area contributed by atoms with E-state index in [2.05, 4.69) is 36.7 Å². The molecule has 0 spiro atoms. The predicted molar refractivity (Wildman–Crippen MR) is 74.0 cm³/mol. The van der Waals surface area contributed by atoms with Gasteiger partial charge < -0.3 is 9.64 Å². The van der Waals surface area contributed by atoms with Crippen LogP contribution in [0.25, 0.3) is 0 Å². The van der Waals surface area contributed by atoms with E-state index in [1.165, 1.54) is 5.56 Å². The van der Waals surface area contributed by atoms with Gasteiger partial charge in [0.05, 0.1) is 0 Å². The number of pyridine rings is 1. The van der Waals surface area contributed by atoms with E-state index in [9.17, 15) is 0 Å². The largest absolute Gasteiger partial charge is 0.474 e. The molecule has 1 aliphatic rings. The first-order valence-corrected chi connectivity index (χ1v) is 7.04. The third kappa shape index (κ3) is 3.45. The molecule has 0 radical (unpaired) electrons. The topological polar surface area (TPSA) is 25.4 Å². The van der Waals surface area contributed by atoms with E-state index >= 15 is 0 Å². The van der Waals surface area contributed by atoms with Crippen LogP contribution < -0.4 is 4.74 Å². The lowest BCUT2D eigenvalue weighted by Crippen LogP contribution is -2.41. The molecular weight excluding hydrogens is 224 g/mol. The predicted octanol–water partition coefficient (Wildman–Crippen LogP) is 2.90. The second kappa shape index (κ2) is 6.19. The quantitative estimate of drug-likeness (QED) is 0.819. The number of aryl methyl sites for hydroxylation is 1. The lowest BCUT2D eigenvalue weighted by molar-refractivity contribution is 0.0812. The van der Waals surface area contributed by atoms with Gasteiger partial charge in [0.2, 0.25) is 5.88 Å². The standard InChI is InChI=1S/C15H24N2O/c1-4-13-5-6-15(16-11-13)18-14-7-9-17(10-8-14)12(2)3/h5-6,11-12,14H,4,7-10H2,1-3H3. The molecule has 0 amide bonds. The van der Waals surface area contributed by atoms with Crippen molar-refractivity contribution in [3.8, 4) is 5.88 Å². The molecule has 1 fully saturated rings. The fraction of sp³-hybridized carbons (Fsp3) is 0.667. The Kier molecular flexibility index (Phi) is 4.59. The Morgan fingerprint density at radius 1 is 1.33 bits per heavy atom. The number of piperidine rings is 1. The molecule has 1 saturated heterocycles. The van der Waals surface area contributed by atoms with Crippen molar-refractivity contribution in [2.45, 2.75) is 52.2 Å². The first-order valence-electron chi connectivity index (χ1n) is 7.04. The zero-order chi connectivity index (χ0) is 13.0. The van der Waals surface area contributed by atoms with Crippen LogP contribution in [0.4, 0.5) is 0 Å². The highest BCUT2D eigenvalue weighted by molar-refractivity contribution is 5.17. The molecule has 3 heteroatoms. The molecule has 1 aromatic rings. The number of nitrogens with zero attached hydrogens (tertiary/aromatic N) is 2. The highest BCUT2D eigenvalue weighted by atomic mass is 16.5. The summed E-state index contributed by atoms with van der Waals surface area (Å²) in [4.78, 5) is 6.87. The summed E-state index contributed by atoms with van der Waals surface area (Å²) in [5.74, 6) is 0.773. The molecule has 2 rings (SSSR count). The maximum absolute atomic E-state index is 5.95. The third-order valence-electron chi connectivity index (χ3n) is 3.70. The van der Waals surface area contributed by atoms with Gasteiger partial charge in [-0.1, -0.05) is 13.0 Å². The minimum absolute atomic E-state index is 0.333. The highest BCUT2D eigenvalue weighted by Crippen LogP contribution is 2.18. The van der Waals surface area contributed by atoms with Crippen molar-refractivity contribution in [1.82, 2.24) is 9.88 Å². The van der Waals surface area contributed by atoms with Crippen LogP contribution in [0.3, 0.4) is 0 Å². The molecule has 1 aliphatic heterocycles. The minimum Gasteiger partial charge on any atom is -0.474 e. The summed E-state index contributed by atoms with van der Waals surface area (Å²) in [6, 6.07) is 4.74. The number of aromatic nitrogens is 1. The summed E-state index contributed by atoms with van der Waals surface area (Å²) >= 11 is 0. The van der Waals surface area contributed by atoms with E-state index in [1.807, 2.05) is 12.3 Å². The second-order valence-corrected chi connectivity index (χ2v) is 5.31. The first kappa shape index (κ1) is 13.3. The third-order valence-corrected chi connectivity index (χ3v) is 3.70. The number of hydrogen-bond acceptors (Lipinski definition) is 3. The van der Waals surface area contributed by atoms with Crippen LogP contribution in [-0.2, 0) is 6.42 Å². The molecule has 0 aliphatic carbocycles. The molecule has 0 N–H and O–H groups in total. The van der Waals surface area contributed by atoms with Crippen LogP contribution in [0.5, 0.6) is 5.88 Å². The molecule has 0 unspecified atom stereocenters. The lowest BCUT2D eigenvalue weighted by atomic mass is 10.1. The van der Waals surface area contributed by atoms with Crippen LogP contribution in [0.15, 0.2) is 18.3 Å². The van der Waals surface area contributed by atoms with Gasteiger partial charge in [-0.05, 0) is 38.7 Å². The van der Waals surface area contributed by atoms with Gasteiger partial charge in [0.1, 0.15) is 6.10 Å². The molecule has 3 nitrogen and oxygen atoms in total.